The molecule has 0 aromatic heterocycles. The highest BCUT2D eigenvalue weighted by Gasteiger charge is 2.22. The number of carbonyl (C=O) groups is 1. The number of benzene rings is 1. The summed E-state index contributed by atoms with van der Waals surface area (Å²) in [6.45, 7) is 9.66. The van der Waals surface area contributed by atoms with E-state index in [0.29, 0.717) is 5.56 Å². The molecule has 0 aliphatic carbocycles. The first-order chi connectivity index (χ1) is 8.05. The molecule has 1 rings (SSSR count). The second-order valence-electron chi connectivity index (χ2n) is 6.24. The Morgan fingerprint density at radius 2 is 1.61 bits per heavy atom. The normalized spacial score (nSPS) is 12.6. The van der Waals surface area contributed by atoms with Crippen molar-refractivity contribution < 1.29 is 9.90 Å². The monoisotopic (exact) mass is 244 g/mol. The first-order valence-electron chi connectivity index (χ1n) is 6.17. The lowest BCUT2D eigenvalue weighted by Gasteiger charge is -2.25. The topological polar surface area (TPSA) is 37.3 Å². The Balaban J connectivity index is 3.44. The number of Topliss-reactive ketones (excluding diaryl/α,β-unsaturated/α-hetero) is 1. The Kier molecular flexibility index (Phi) is 4.07. The van der Waals surface area contributed by atoms with Gasteiger partial charge in [0.1, 0.15) is 0 Å². The third-order valence-electron chi connectivity index (χ3n) is 3.01. The Morgan fingerprint density at radius 3 is 2.00 bits per heavy atom. The minimum absolute atomic E-state index is 0.0150. The van der Waals surface area contributed by atoms with E-state index in [1.165, 1.54) is 0 Å². The molecule has 0 atom stereocenters. The van der Waals surface area contributed by atoms with E-state index < -0.39 is 5.60 Å². The molecule has 0 fully saturated rings. The zero-order valence-corrected chi connectivity index (χ0v) is 11.9. The third-order valence-corrected chi connectivity index (χ3v) is 3.01. The molecule has 1 aromatic carbocycles. The number of aliphatic hydroxyl groups is 1. The minimum atomic E-state index is -0.967. The number of rotatable bonds is 3. The molecule has 0 saturated heterocycles. The first-order valence-corrected chi connectivity index (χ1v) is 6.17. The molecule has 2 nitrogen and oxygen atoms in total. The van der Waals surface area contributed by atoms with Crippen LogP contribution in [0.3, 0.4) is 0 Å². The van der Waals surface area contributed by atoms with Gasteiger partial charge in [0.25, 0.3) is 0 Å². The number of hydrogen-bond donors (Lipinski definition) is 1. The van der Waals surface area contributed by atoms with Gasteiger partial charge in [-0.3, -0.25) is 4.79 Å². The van der Waals surface area contributed by atoms with Crippen LogP contribution in [0.15, 0.2) is 18.2 Å². The van der Waals surface area contributed by atoms with E-state index in [0.717, 1.165) is 11.1 Å². The van der Waals surface area contributed by atoms with Crippen molar-refractivity contribution in [3.63, 3.8) is 0 Å². The van der Waals surface area contributed by atoms with Gasteiger partial charge in [0, 0.05) is 5.56 Å². The van der Waals surface area contributed by atoms with Crippen LogP contribution in [0.2, 0.25) is 6.32 Å². The Bertz CT molecular complexity index is 418. The Hall–Kier alpha value is -1.09. The fourth-order valence-corrected chi connectivity index (χ4v) is 1.69. The maximum absolute atomic E-state index is 11.8. The van der Waals surface area contributed by atoms with Gasteiger partial charge in [-0.25, -0.2) is 0 Å². The van der Waals surface area contributed by atoms with Crippen LogP contribution in [0.1, 0.15) is 56.1 Å². The summed E-state index contributed by atoms with van der Waals surface area (Å²) in [6.07, 6.45) is -0.0150. The van der Waals surface area contributed by atoms with Crippen LogP contribution in [-0.2, 0) is 11.0 Å². The van der Waals surface area contributed by atoms with Crippen LogP contribution in [0.4, 0.5) is 0 Å². The van der Waals surface area contributed by atoms with Crippen LogP contribution in [-0.4, -0.2) is 18.7 Å². The van der Waals surface area contributed by atoms with Crippen molar-refractivity contribution in [1.82, 2.24) is 0 Å². The second kappa shape index (κ2) is 4.89. The molecule has 96 valence electrons. The summed E-state index contributed by atoms with van der Waals surface area (Å²) in [5.41, 5.74) is 1.29. The van der Waals surface area contributed by atoms with Gasteiger partial charge in [-0.15, -0.1) is 0 Å². The number of ketones is 1. The van der Waals surface area contributed by atoms with Gasteiger partial charge in [0.05, 0.1) is 13.4 Å². The van der Waals surface area contributed by atoms with Gasteiger partial charge >= 0.3 is 0 Å². The summed E-state index contributed by atoms with van der Waals surface area (Å²) < 4.78 is 0. The molecular formula is C15H21BO2. The maximum Gasteiger partial charge on any atom is 0.154 e. The van der Waals surface area contributed by atoms with Crippen molar-refractivity contribution in [3.05, 3.63) is 34.9 Å². The average Bonchev–Trinajstić information content (AvgIpc) is 2.25. The molecule has 3 heteroatoms. The molecule has 18 heavy (non-hydrogen) atoms. The molecule has 0 spiro atoms. The molecule has 0 heterocycles. The molecule has 0 unspecified atom stereocenters. The summed E-state index contributed by atoms with van der Waals surface area (Å²) in [6, 6.07) is 5.54. The summed E-state index contributed by atoms with van der Waals surface area (Å²) in [5, 5.41) is 10.1. The number of carbonyl (C=O) groups excluding carboxylic acids is 1. The molecule has 1 N–H and O–H groups in total. The molecule has 0 aliphatic rings. The van der Waals surface area contributed by atoms with Gasteiger partial charge in [-0.1, -0.05) is 26.8 Å². The van der Waals surface area contributed by atoms with E-state index in [9.17, 15) is 9.90 Å². The SMILES string of the molecule is [B]CC(=O)c1cc(C(C)(C)C)cc(C(C)(C)O)c1. The van der Waals surface area contributed by atoms with E-state index in [1.807, 2.05) is 12.1 Å². The lowest BCUT2D eigenvalue weighted by atomic mass is 9.81. The van der Waals surface area contributed by atoms with Gasteiger partial charge in [-0.05, 0) is 48.8 Å². The zero-order chi connectivity index (χ0) is 14.1. The van der Waals surface area contributed by atoms with Crippen molar-refractivity contribution in [2.24, 2.45) is 0 Å². The van der Waals surface area contributed by atoms with Crippen molar-refractivity contribution >= 4 is 13.6 Å². The van der Waals surface area contributed by atoms with E-state index in [4.69, 9.17) is 7.85 Å². The Labute approximate surface area is 111 Å². The highest BCUT2D eigenvalue weighted by molar-refractivity contribution is 6.24. The molecule has 0 aliphatic heterocycles. The van der Waals surface area contributed by atoms with E-state index in [-0.39, 0.29) is 17.5 Å². The van der Waals surface area contributed by atoms with Crippen molar-refractivity contribution in [2.75, 3.05) is 0 Å². The summed E-state index contributed by atoms with van der Waals surface area (Å²) in [7, 11) is 5.41. The van der Waals surface area contributed by atoms with Crippen LogP contribution >= 0.6 is 0 Å². The fraction of sp³-hybridized carbons (Fsp3) is 0.533. The molecular weight excluding hydrogens is 223 g/mol. The van der Waals surface area contributed by atoms with Crippen molar-refractivity contribution in [3.8, 4) is 0 Å². The smallest absolute Gasteiger partial charge is 0.154 e. The van der Waals surface area contributed by atoms with Gasteiger partial charge < -0.3 is 5.11 Å². The molecule has 0 saturated carbocycles. The molecule has 1 aromatic rings. The Morgan fingerprint density at radius 1 is 1.11 bits per heavy atom. The van der Waals surface area contributed by atoms with Gasteiger partial charge in [0.2, 0.25) is 0 Å². The lowest BCUT2D eigenvalue weighted by molar-refractivity contribution is 0.0783. The van der Waals surface area contributed by atoms with Crippen LogP contribution in [0.25, 0.3) is 0 Å². The summed E-state index contributed by atoms with van der Waals surface area (Å²) in [5.74, 6) is -0.105. The van der Waals surface area contributed by atoms with Crippen LogP contribution in [0.5, 0.6) is 0 Å². The van der Waals surface area contributed by atoms with Gasteiger partial charge in [-0.2, -0.15) is 0 Å². The maximum atomic E-state index is 11.8. The van der Waals surface area contributed by atoms with Crippen molar-refractivity contribution in [2.45, 2.75) is 52.0 Å². The van der Waals surface area contributed by atoms with E-state index in [1.54, 1.807) is 19.9 Å². The standard InChI is InChI=1S/C15H21BO2/c1-14(2,3)11-6-10(13(17)9-16)7-12(8-11)15(4,5)18/h6-8,18H,9H2,1-5H3. The zero-order valence-electron chi connectivity index (χ0n) is 11.9. The predicted octanol–water partition coefficient (Wildman–Crippen LogP) is 2.98. The minimum Gasteiger partial charge on any atom is -0.386 e. The van der Waals surface area contributed by atoms with Crippen molar-refractivity contribution in [1.29, 1.82) is 0 Å². The van der Waals surface area contributed by atoms with E-state index in [2.05, 4.69) is 20.8 Å². The van der Waals surface area contributed by atoms with E-state index >= 15 is 0 Å². The predicted molar refractivity (Wildman–Crippen MR) is 75.3 cm³/mol. The molecule has 0 bridgehead atoms. The van der Waals surface area contributed by atoms with Crippen LogP contribution in [0, 0.1) is 0 Å². The van der Waals surface area contributed by atoms with Gasteiger partial charge in [0.15, 0.2) is 5.78 Å². The summed E-state index contributed by atoms with van der Waals surface area (Å²) >= 11 is 0. The lowest BCUT2D eigenvalue weighted by Crippen LogP contribution is -2.20. The first kappa shape index (κ1) is 15.0. The molecule has 0 amide bonds. The largest absolute Gasteiger partial charge is 0.386 e. The molecule has 2 radical (unpaired) electrons. The quantitative estimate of drug-likeness (QED) is 0.655. The summed E-state index contributed by atoms with van der Waals surface area (Å²) in [4.78, 5) is 11.8. The second-order valence-corrected chi connectivity index (χ2v) is 6.24. The fourth-order valence-electron chi connectivity index (χ4n) is 1.69. The average molecular weight is 244 g/mol. The number of hydrogen-bond acceptors (Lipinski definition) is 2. The highest BCUT2D eigenvalue weighted by atomic mass is 16.3. The van der Waals surface area contributed by atoms with Crippen LogP contribution < -0.4 is 0 Å². The highest BCUT2D eigenvalue weighted by Crippen LogP contribution is 2.29. The third kappa shape index (κ3) is 3.45.